The minimum atomic E-state index is -0.382. The first-order valence-corrected chi connectivity index (χ1v) is 8.40. The van der Waals surface area contributed by atoms with Gasteiger partial charge in [-0.1, -0.05) is 16.5 Å². The third-order valence-electron chi connectivity index (χ3n) is 3.79. The number of fused-ring (bicyclic) bond motifs is 1. The second-order valence-corrected chi connectivity index (χ2v) is 7.64. The van der Waals surface area contributed by atoms with Crippen molar-refractivity contribution in [3.63, 3.8) is 0 Å². The predicted molar refractivity (Wildman–Crippen MR) is 92.1 cm³/mol. The average molecular weight is 358 g/mol. The van der Waals surface area contributed by atoms with Gasteiger partial charge in [-0.05, 0) is 25.3 Å². The van der Waals surface area contributed by atoms with Gasteiger partial charge in [0.05, 0.1) is 15.1 Å². The lowest BCUT2D eigenvalue weighted by Crippen LogP contribution is -2.44. The van der Waals surface area contributed by atoms with E-state index < -0.39 is 0 Å². The van der Waals surface area contributed by atoms with Crippen molar-refractivity contribution in [2.24, 2.45) is 5.73 Å². The normalized spacial score (nSPS) is 16.3. The molecule has 0 unspecified atom stereocenters. The number of rotatable bonds is 3. The molecule has 0 radical (unpaired) electrons. The van der Waals surface area contributed by atoms with Crippen LogP contribution in [0.4, 0.5) is 5.13 Å². The van der Waals surface area contributed by atoms with E-state index in [0.717, 1.165) is 38.8 Å². The van der Waals surface area contributed by atoms with Crippen molar-refractivity contribution < 1.29 is 4.52 Å². The number of anilines is 1. The van der Waals surface area contributed by atoms with Gasteiger partial charge in [0.15, 0.2) is 11.0 Å². The van der Waals surface area contributed by atoms with Gasteiger partial charge < -0.3 is 15.2 Å². The first-order chi connectivity index (χ1) is 10.0. The molecule has 0 saturated heterocycles. The van der Waals surface area contributed by atoms with Crippen LogP contribution in [0.25, 0.3) is 20.3 Å². The molecule has 1 fully saturated rings. The summed E-state index contributed by atoms with van der Waals surface area (Å²) in [5, 5.41) is 5.06. The Morgan fingerprint density at radius 1 is 1.27 bits per heavy atom. The van der Waals surface area contributed by atoms with E-state index >= 15 is 0 Å². The van der Waals surface area contributed by atoms with E-state index in [0.29, 0.717) is 11.7 Å². The van der Waals surface area contributed by atoms with Crippen molar-refractivity contribution in [1.29, 1.82) is 0 Å². The summed E-state index contributed by atoms with van der Waals surface area (Å²) >= 11 is 3.23. The molecule has 22 heavy (non-hydrogen) atoms. The Hall–Kier alpha value is -1.22. The van der Waals surface area contributed by atoms with Crippen LogP contribution < -0.4 is 10.6 Å². The minimum absolute atomic E-state index is 0. The summed E-state index contributed by atoms with van der Waals surface area (Å²) in [6.45, 7) is 0. The maximum absolute atomic E-state index is 6.23. The summed E-state index contributed by atoms with van der Waals surface area (Å²) in [6, 6.07) is 2.06. The number of aromatic nitrogens is 3. The van der Waals surface area contributed by atoms with Crippen LogP contribution in [-0.4, -0.2) is 29.2 Å². The Labute approximate surface area is 141 Å². The topological polar surface area (TPSA) is 81.1 Å². The van der Waals surface area contributed by atoms with Crippen molar-refractivity contribution in [2.45, 2.75) is 24.8 Å². The van der Waals surface area contributed by atoms with Crippen LogP contribution >= 0.6 is 35.1 Å². The summed E-state index contributed by atoms with van der Waals surface area (Å²) in [7, 11) is 3.99. The highest BCUT2D eigenvalue weighted by Crippen LogP contribution is 2.40. The van der Waals surface area contributed by atoms with Gasteiger partial charge in [-0.3, -0.25) is 0 Å². The van der Waals surface area contributed by atoms with Crippen molar-refractivity contribution in [1.82, 2.24) is 15.1 Å². The fourth-order valence-corrected chi connectivity index (χ4v) is 4.38. The van der Waals surface area contributed by atoms with Crippen LogP contribution in [0.15, 0.2) is 10.6 Å². The monoisotopic (exact) mass is 357 g/mol. The molecule has 0 bridgehead atoms. The van der Waals surface area contributed by atoms with Crippen molar-refractivity contribution in [2.75, 3.05) is 19.0 Å². The highest BCUT2D eigenvalue weighted by molar-refractivity contribution is 7.30. The summed E-state index contributed by atoms with van der Waals surface area (Å²) < 4.78 is 6.53. The number of hydrogen-bond donors (Lipinski definition) is 1. The highest BCUT2D eigenvalue weighted by Gasteiger charge is 2.39. The zero-order valence-electron chi connectivity index (χ0n) is 12.2. The van der Waals surface area contributed by atoms with E-state index in [-0.39, 0.29) is 17.9 Å². The van der Waals surface area contributed by atoms with Crippen molar-refractivity contribution in [3.8, 4) is 10.8 Å². The standard InChI is InChI=1S/C13H15N5OS2.ClH/c1-18(2)12-16-10-8(21-12)6-7(20-10)9-15-11(17-19-9)13(14)4-3-5-13;/h6H,3-5,14H2,1-2H3;1H. The smallest absolute Gasteiger partial charge is 0.268 e. The molecule has 1 saturated carbocycles. The second-order valence-electron chi connectivity index (χ2n) is 5.60. The number of nitrogens with two attached hydrogens (primary N) is 1. The van der Waals surface area contributed by atoms with Gasteiger partial charge in [-0.2, -0.15) is 4.98 Å². The SMILES string of the molecule is CN(C)c1nc2sc(-c3nc(C4(N)CCC4)no3)cc2s1.Cl. The van der Waals surface area contributed by atoms with Crippen LogP contribution in [0.5, 0.6) is 0 Å². The highest BCUT2D eigenvalue weighted by atomic mass is 35.5. The minimum Gasteiger partial charge on any atom is -0.354 e. The zero-order chi connectivity index (χ0) is 14.6. The van der Waals surface area contributed by atoms with E-state index in [9.17, 15) is 0 Å². The molecule has 3 aromatic rings. The van der Waals surface area contributed by atoms with Gasteiger partial charge >= 0.3 is 0 Å². The van der Waals surface area contributed by atoms with Crippen LogP contribution in [0.1, 0.15) is 25.1 Å². The Kier molecular flexibility index (Phi) is 3.88. The molecule has 6 nitrogen and oxygen atoms in total. The van der Waals surface area contributed by atoms with E-state index in [1.807, 2.05) is 19.0 Å². The average Bonchev–Trinajstić information content (AvgIpc) is 3.08. The second kappa shape index (κ2) is 5.45. The maximum Gasteiger partial charge on any atom is 0.268 e. The van der Waals surface area contributed by atoms with E-state index in [1.165, 1.54) is 0 Å². The molecule has 3 aromatic heterocycles. The molecule has 0 spiro atoms. The van der Waals surface area contributed by atoms with Crippen LogP contribution in [0, 0.1) is 0 Å². The van der Waals surface area contributed by atoms with Gasteiger partial charge in [0.2, 0.25) is 0 Å². The molecule has 0 aromatic carbocycles. The Morgan fingerprint density at radius 2 is 2.05 bits per heavy atom. The van der Waals surface area contributed by atoms with Crippen molar-refractivity contribution >= 4 is 49.7 Å². The third-order valence-corrected chi connectivity index (χ3v) is 6.10. The van der Waals surface area contributed by atoms with Crippen LogP contribution in [0.3, 0.4) is 0 Å². The van der Waals surface area contributed by atoms with Gasteiger partial charge in [-0.25, -0.2) is 4.98 Å². The van der Waals surface area contributed by atoms with Gasteiger partial charge in [-0.15, -0.1) is 23.7 Å². The zero-order valence-corrected chi connectivity index (χ0v) is 14.6. The molecule has 0 atom stereocenters. The molecular weight excluding hydrogens is 342 g/mol. The molecule has 0 aliphatic heterocycles. The lowest BCUT2D eigenvalue weighted by Gasteiger charge is -2.34. The number of halogens is 1. The van der Waals surface area contributed by atoms with Gasteiger partial charge in [0, 0.05) is 14.1 Å². The molecule has 0 amide bonds. The first-order valence-electron chi connectivity index (χ1n) is 6.76. The van der Waals surface area contributed by atoms with Gasteiger partial charge in [0.25, 0.3) is 5.89 Å². The van der Waals surface area contributed by atoms with Crippen LogP contribution in [0.2, 0.25) is 0 Å². The Balaban J connectivity index is 0.00000144. The number of hydrogen-bond acceptors (Lipinski definition) is 8. The molecule has 4 rings (SSSR count). The largest absolute Gasteiger partial charge is 0.354 e. The van der Waals surface area contributed by atoms with Crippen molar-refractivity contribution in [3.05, 3.63) is 11.9 Å². The summed E-state index contributed by atoms with van der Waals surface area (Å²) in [4.78, 5) is 13.0. The van der Waals surface area contributed by atoms with Crippen LogP contribution in [-0.2, 0) is 5.54 Å². The van der Waals surface area contributed by atoms with E-state index in [1.54, 1.807) is 22.7 Å². The molecule has 118 valence electrons. The third kappa shape index (κ3) is 2.40. The molecule has 2 N–H and O–H groups in total. The number of thiophene rings is 1. The molecule has 1 aliphatic carbocycles. The fraction of sp³-hybridized carbons (Fsp3) is 0.462. The lowest BCUT2D eigenvalue weighted by molar-refractivity contribution is 0.229. The molecular formula is C13H16ClN5OS2. The van der Waals surface area contributed by atoms with E-state index in [4.69, 9.17) is 10.3 Å². The summed E-state index contributed by atoms with van der Waals surface area (Å²) in [6.07, 6.45) is 2.99. The molecule has 9 heteroatoms. The Bertz CT molecular complexity index is 773. The predicted octanol–water partition coefficient (Wildman–Crippen LogP) is 3.23. The molecule has 3 heterocycles. The van der Waals surface area contributed by atoms with Gasteiger partial charge in [0.1, 0.15) is 4.83 Å². The fourth-order valence-electron chi connectivity index (χ4n) is 2.33. The first kappa shape index (κ1) is 15.7. The van der Waals surface area contributed by atoms with E-state index in [2.05, 4.69) is 21.2 Å². The lowest BCUT2D eigenvalue weighted by atomic mass is 9.77. The quantitative estimate of drug-likeness (QED) is 0.775. The summed E-state index contributed by atoms with van der Waals surface area (Å²) in [5.41, 5.74) is 5.84. The summed E-state index contributed by atoms with van der Waals surface area (Å²) in [5.74, 6) is 1.17. The Morgan fingerprint density at radius 3 is 2.64 bits per heavy atom. The maximum atomic E-state index is 6.23. The number of thiazole rings is 1. The number of nitrogens with zero attached hydrogens (tertiary/aromatic N) is 4. The molecule has 1 aliphatic rings.